The van der Waals surface area contributed by atoms with Crippen molar-refractivity contribution in [2.75, 3.05) is 21.3 Å². The maximum Gasteiger partial charge on any atom is 0.258 e. The lowest BCUT2D eigenvalue weighted by molar-refractivity contribution is 0.0738. The summed E-state index contributed by atoms with van der Waals surface area (Å²) in [5, 5.41) is 0.902. The van der Waals surface area contributed by atoms with Crippen molar-refractivity contribution in [3.63, 3.8) is 0 Å². The van der Waals surface area contributed by atoms with Gasteiger partial charge in [-0.2, -0.15) is 0 Å². The molecule has 0 N–H and O–H groups in total. The number of carbonyl (C=O) groups excluding carboxylic acids is 1. The van der Waals surface area contributed by atoms with Crippen molar-refractivity contribution in [2.45, 2.75) is 13.0 Å². The number of fused-ring (bicyclic) bond motifs is 1. The van der Waals surface area contributed by atoms with E-state index >= 15 is 0 Å². The number of nitrogens with zero attached hydrogens (tertiary/aromatic N) is 2. The Hall–Kier alpha value is -2.60. The number of rotatable bonds is 5. The molecule has 0 saturated carbocycles. The molecule has 25 heavy (non-hydrogen) atoms. The van der Waals surface area contributed by atoms with Crippen molar-refractivity contribution in [3.05, 3.63) is 53.0 Å². The summed E-state index contributed by atoms with van der Waals surface area (Å²) in [6.45, 7) is 1.97. The molecule has 3 rings (SSSR count). The molecule has 1 amide bonds. The molecule has 0 aliphatic heterocycles. The fourth-order valence-electron chi connectivity index (χ4n) is 2.58. The van der Waals surface area contributed by atoms with Gasteiger partial charge in [0.05, 0.1) is 36.0 Å². The minimum Gasteiger partial charge on any atom is -0.497 e. The Morgan fingerprint density at radius 2 is 1.92 bits per heavy atom. The summed E-state index contributed by atoms with van der Waals surface area (Å²) in [5.74, 6) is 1.00. The van der Waals surface area contributed by atoms with Crippen molar-refractivity contribution >= 4 is 27.5 Å². The smallest absolute Gasteiger partial charge is 0.258 e. The van der Waals surface area contributed by atoms with Crippen LogP contribution in [0.2, 0.25) is 0 Å². The highest BCUT2D eigenvalue weighted by Gasteiger charge is 2.24. The summed E-state index contributed by atoms with van der Waals surface area (Å²) in [5.41, 5.74) is 1.42. The van der Waals surface area contributed by atoms with E-state index in [9.17, 15) is 4.79 Å². The molecule has 1 atom stereocenters. The third kappa shape index (κ3) is 3.30. The Kier molecular flexibility index (Phi) is 4.90. The Morgan fingerprint density at radius 3 is 2.60 bits per heavy atom. The predicted molar refractivity (Wildman–Crippen MR) is 99.7 cm³/mol. The van der Waals surface area contributed by atoms with Gasteiger partial charge in [0.25, 0.3) is 5.91 Å². The topological polar surface area (TPSA) is 51.7 Å². The first kappa shape index (κ1) is 17.2. The van der Waals surface area contributed by atoms with E-state index in [4.69, 9.17) is 9.47 Å². The van der Waals surface area contributed by atoms with Crippen molar-refractivity contribution in [1.29, 1.82) is 0 Å². The van der Waals surface area contributed by atoms with Gasteiger partial charge in [0.15, 0.2) is 0 Å². The van der Waals surface area contributed by atoms with E-state index in [1.54, 1.807) is 55.7 Å². The number of aromatic nitrogens is 1. The lowest BCUT2D eigenvalue weighted by atomic mass is 10.1. The van der Waals surface area contributed by atoms with Crippen LogP contribution in [0.1, 0.15) is 28.3 Å². The van der Waals surface area contributed by atoms with Crippen molar-refractivity contribution in [2.24, 2.45) is 0 Å². The molecule has 130 valence electrons. The lowest BCUT2D eigenvalue weighted by Gasteiger charge is -2.24. The summed E-state index contributed by atoms with van der Waals surface area (Å²) >= 11 is 1.60. The first-order chi connectivity index (χ1) is 12.0. The average Bonchev–Trinajstić information content (AvgIpc) is 3.09. The standard InChI is InChI=1S/C19H20N2O3S/c1-12(18-20-15-7-5-6-8-17(15)25-18)21(2)19(22)14-11-13(23-3)9-10-16(14)24-4/h5-12H,1-4H3/t12-/m0/s1. The molecule has 0 aliphatic rings. The van der Waals surface area contributed by atoms with Gasteiger partial charge in [0.1, 0.15) is 16.5 Å². The number of methoxy groups -OCH3 is 2. The number of ether oxygens (including phenoxy) is 2. The molecule has 1 heterocycles. The van der Waals surface area contributed by atoms with Crippen LogP contribution in [0, 0.1) is 0 Å². The van der Waals surface area contributed by atoms with E-state index in [0.717, 1.165) is 15.2 Å². The summed E-state index contributed by atoms with van der Waals surface area (Å²) < 4.78 is 11.7. The highest BCUT2D eigenvalue weighted by atomic mass is 32.1. The normalized spacial score (nSPS) is 12.0. The van der Waals surface area contributed by atoms with E-state index in [1.807, 2.05) is 31.2 Å². The van der Waals surface area contributed by atoms with Gasteiger partial charge in [-0.3, -0.25) is 4.79 Å². The van der Waals surface area contributed by atoms with Crippen LogP contribution in [-0.4, -0.2) is 37.1 Å². The number of hydrogen-bond acceptors (Lipinski definition) is 5. The number of carbonyl (C=O) groups is 1. The SMILES string of the molecule is COc1ccc(OC)c(C(=O)N(C)[C@@H](C)c2nc3ccccc3s2)c1. The van der Waals surface area contributed by atoms with Crippen LogP contribution in [-0.2, 0) is 0 Å². The Bertz CT molecular complexity index is 874. The Morgan fingerprint density at radius 1 is 1.16 bits per heavy atom. The molecule has 0 spiro atoms. The summed E-state index contributed by atoms with van der Waals surface area (Å²) in [4.78, 5) is 19.3. The molecule has 2 aromatic carbocycles. The second kappa shape index (κ2) is 7.11. The monoisotopic (exact) mass is 356 g/mol. The van der Waals surface area contributed by atoms with Crippen molar-refractivity contribution in [3.8, 4) is 11.5 Å². The van der Waals surface area contributed by atoms with E-state index < -0.39 is 0 Å². The third-order valence-electron chi connectivity index (χ3n) is 4.21. The molecule has 6 heteroatoms. The van der Waals surface area contributed by atoms with Gasteiger partial charge in [-0.15, -0.1) is 11.3 Å². The van der Waals surface area contributed by atoms with Gasteiger partial charge in [-0.1, -0.05) is 12.1 Å². The molecule has 1 aromatic heterocycles. The largest absolute Gasteiger partial charge is 0.497 e. The van der Waals surface area contributed by atoms with Crippen LogP contribution in [0.5, 0.6) is 11.5 Å². The fourth-order valence-corrected chi connectivity index (χ4v) is 3.64. The molecule has 3 aromatic rings. The predicted octanol–water partition coefficient (Wildman–Crippen LogP) is 4.15. The second-order valence-corrected chi connectivity index (χ2v) is 6.74. The maximum absolute atomic E-state index is 13.0. The first-order valence-electron chi connectivity index (χ1n) is 7.89. The molecule has 5 nitrogen and oxygen atoms in total. The summed E-state index contributed by atoms with van der Waals surface area (Å²) in [6, 6.07) is 13.0. The van der Waals surface area contributed by atoms with Crippen LogP contribution >= 0.6 is 11.3 Å². The molecular weight excluding hydrogens is 336 g/mol. The second-order valence-electron chi connectivity index (χ2n) is 5.68. The number of amides is 1. The molecule has 0 bridgehead atoms. The van der Waals surface area contributed by atoms with Gasteiger partial charge in [0, 0.05) is 7.05 Å². The average molecular weight is 356 g/mol. The summed E-state index contributed by atoms with van der Waals surface area (Å²) in [6.07, 6.45) is 0. The zero-order valence-electron chi connectivity index (χ0n) is 14.6. The maximum atomic E-state index is 13.0. The quantitative estimate of drug-likeness (QED) is 0.689. The van der Waals surface area contributed by atoms with Gasteiger partial charge in [-0.05, 0) is 37.3 Å². The molecule has 0 aliphatic carbocycles. The highest BCUT2D eigenvalue weighted by molar-refractivity contribution is 7.18. The number of hydrogen-bond donors (Lipinski definition) is 0. The van der Waals surface area contributed by atoms with Crippen LogP contribution < -0.4 is 9.47 Å². The number of para-hydroxylation sites is 1. The van der Waals surface area contributed by atoms with Gasteiger partial charge < -0.3 is 14.4 Å². The van der Waals surface area contributed by atoms with Gasteiger partial charge in [0.2, 0.25) is 0 Å². The minimum absolute atomic E-state index is 0.137. The van der Waals surface area contributed by atoms with Crippen LogP contribution in [0.25, 0.3) is 10.2 Å². The van der Waals surface area contributed by atoms with Gasteiger partial charge in [-0.25, -0.2) is 4.98 Å². The van der Waals surface area contributed by atoms with Crippen LogP contribution in [0.15, 0.2) is 42.5 Å². The molecule has 0 fully saturated rings. The third-order valence-corrected chi connectivity index (χ3v) is 5.41. The molecule has 0 unspecified atom stereocenters. The number of thiazole rings is 1. The Balaban J connectivity index is 1.91. The molecule has 0 saturated heterocycles. The summed E-state index contributed by atoms with van der Waals surface area (Å²) in [7, 11) is 4.90. The first-order valence-corrected chi connectivity index (χ1v) is 8.71. The zero-order chi connectivity index (χ0) is 18.0. The number of benzene rings is 2. The van der Waals surface area contributed by atoms with Gasteiger partial charge >= 0.3 is 0 Å². The van der Waals surface area contributed by atoms with Crippen molar-refractivity contribution in [1.82, 2.24) is 9.88 Å². The molecular formula is C19H20N2O3S. The van der Waals surface area contributed by atoms with Crippen LogP contribution in [0.4, 0.5) is 0 Å². The van der Waals surface area contributed by atoms with Crippen molar-refractivity contribution < 1.29 is 14.3 Å². The van der Waals surface area contributed by atoms with E-state index in [0.29, 0.717) is 17.1 Å². The van der Waals surface area contributed by atoms with E-state index in [-0.39, 0.29) is 11.9 Å². The fraction of sp³-hybridized carbons (Fsp3) is 0.263. The highest BCUT2D eigenvalue weighted by Crippen LogP contribution is 2.31. The molecule has 0 radical (unpaired) electrons. The zero-order valence-corrected chi connectivity index (χ0v) is 15.5. The van der Waals surface area contributed by atoms with E-state index in [2.05, 4.69) is 4.98 Å². The Labute approximate surface area is 150 Å². The lowest BCUT2D eigenvalue weighted by Crippen LogP contribution is -2.30. The minimum atomic E-state index is -0.152. The van der Waals surface area contributed by atoms with E-state index in [1.165, 1.54) is 0 Å². The van der Waals surface area contributed by atoms with Crippen LogP contribution in [0.3, 0.4) is 0 Å².